The predicted octanol–water partition coefficient (Wildman–Crippen LogP) is 0.170. The number of pyridine rings is 1. The summed E-state index contributed by atoms with van der Waals surface area (Å²) in [6.07, 6.45) is 1.35. The molecule has 0 atom stereocenters. The van der Waals surface area contributed by atoms with E-state index in [1.54, 1.807) is 0 Å². The molecular weight excluding hydrogens is 104 g/mol. The van der Waals surface area contributed by atoms with E-state index in [9.17, 15) is 0 Å². The maximum atomic E-state index is 8.66. The average Bonchev–Trinajstić information content (AvgIpc) is 1.77. The van der Waals surface area contributed by atoms with Crippen molar-refractivity contribution in [3.63, 3.8) is 0 Å². The van der Waals surface area contributed by atoms with Crippen molar-refractivity contribution in [3.8, 4) is 5.88 Å². The van der Waals surface area contributed by atoms with Gasteiger partial charge in [-0.2, -0.15) is 0 Å². The summed E-state index contributed by atoms with van der Waals surface area (Å²) in [6.45, 7) is 0. The zero-order valence-electron chi connectivity index (χ0n) is 4.13. The number of anilines is 1. The van der Waals surface area contributed by atoms with Crippen LogP contribution in [0.3, 0.4) is 0 Å². The van der Waals surface area contributed by atoms with Crippen LogP contribution in [0.1, 0.15) is 0 Å². The van der Waals surface area contributed by atoms with Crippen molar-refractivity contribution in [2.75, 3.05) is 5.73 Å². The smallest absolute Gasteiger partial charge is 0.234 e. The highest BCUT2D eigenvalue weighted by Crippen LogP contribution is 2.11. The van der Waals surface area contributed by atoms with Crippen molar-refractivity contribution in [2.24, 2.45) is 0 Å². The molecule has 0 amide bonds. The van der Waals surface area contributed by atoms with Crippen LogP contribution in [0.5, 0.6) is 5.88 Å². The first-order valence-corrected chi connectivity index (χ1v) is 2.11. The minimum Gasteiger partial charge on any atom is -0.492 e. The van der Waals surface area contributed by atoms with Crippen molar-refractivity contribution < 1.29 is 5.11 Å². The van der Waals surface area contributed by atoms with Gasteiger partial charge in [-0.1, -0.05) is 0 Å². The van der Waals surface area contributed by atoms with E-state index < -0.39 is 0 Å². The Morgan fingerprint density at radius 2 is 2.50 bits per heavy atom. The second kappa shape index (κ2) is 1.69. The minimum absolute atomic E-state index is 0.135. The Bertz CT molecular complexity index is 167. The highest BCUT2D eigenvalue weighted by Gasteiger charge is 1.90. The molecule has 0 aliphatic rings. The van der Waals surface area contributed by atoms with Gasteiger partial charge in [0.05, 0.1) is 5.69 Å². The summed E-state index contributed by atoms with van der Waals surface area (Å²) in [5.41, 5.74) is 5.43. The van der Waals surface area contributed by atoms with Crippen LogP contribution in [0.15, 0.2) is 12.3 Å². The third-order valence-electron chi connectivity index (χ3n) is 0.758. The van der Waals surface area contributed by atoms with Crippen LogP contribution >= 0.6 is 0 Å². The van der Waals surface area contributed by atoms with Gasteiger partial charge in [0.15, 0.2) is 0 Å². The monoisotopic (exact) mass is 109 g/mol. The molecule has 41 valence electrons. The molecule has 0 spiro atoms. The summed E-state index contributed by atoms with van der Waals surface area (Å²) in [4.78, 5) is 3.45. The molecule has 8 heavy (non-hydrogen) atoms. The van der Waals surface area contributed by atoms with Crippen LogP contribution in [-0.2, 0) is 0 Å². The quantitative estimate of drug-likeness (QED) is 0.499. The molecule has 0 bridgehead atoms. The number of aromatic nitrogens is 1. The van der Waals surface area contributed by atoms with Gasteiger partial charge in [0.2, 0.25) is 5.88 Å². The number of nitrogens with two attached hydrogens (primary N) is 1. The first kappa shape index (κ1) is 4.90. The Morgan fingerprint density at radius 1 is 1.75 bits per heavy atom. The van der Waals surface area contributed by atoms with Crippen molar-refractivity contribution in [1.82, 2.24) is 4.98 Å². The van der Waals surface area contributed by atoms with E-state index in [4.69, 9.17) is 10.8 Å². The van der Waals surface area contributed by atoms with Crippen LogP contribution in [0.4, 0.5) is 5.69 Å². The molecule has 3 nitrogen and oxygen atoms in total. The molecule has 0 saturated carbocycles. The van der Waals surface area contributed by atoms with E-state index >= 15 is 0 Å². The van der Waals surface area contributed by atoms with Crippen molar-refractivity contribution in [3.05, 3.63) is 18.3 Å². The van der Waals surface area contributed by atoms with Gasteiger partial charge in [-0.05, 0) is 6.07 Å². The summed E-state index contributed by atoms with van der Waals surface area (Å²) in [6, 6.07) is 4.07. The normalized spacial score (nSPS) is 9.00. The molecule has 1 rings (SSSR count). The van der Waals surface area contributed by atoms with E-state index in [0.717, 1.165) is 0 Å². The molecule has 3 N–H and O–H groups in total. The van der Waals surface area contributed by atoms with Crippen molar-refractivity contribution >= 4 is 5.69 Å². The van der Waals surface area contributed by atoms with Crippen LogP contribution in [0.2, 0.25) is 0 Å². The van der Waals surface area contributed by atoms with Gasteiger partial charge < -0.3 is 10.8 Å². The number of nitrogen functional groups attached to an aromatic ring is 1. The average molecular weight is 109 g/mol. The topological polar surface area (TPSA) is 59.1 Å². The largest absolute Gasteiger partial charge is 0.492 e. The fourth-order valence-corrected chi connectivity index (χ4v) is 0.365. The van der Waals surface area contributed by atoms with Crippen molar-refractivity contribution in [2.45, 2.75) is 0 Å². The van der Waals surface area contributed by atoms with E-state index in [1.165, 1.54) is 12.3 Å². The van der Waals surface area contributed by atoms with Crippen LogP contribution in [0, 0.1) is 6.07 Å². The third kappa shape index (κ3) is 0.703. The SMILES string of the molecule is Nc1c[c]cnc1O. The lowest BCUT2D eigenvalue weighted by Crippen LogP contribution is -1.85. The highest BCUT2D eigenvalue weighted by atomic mass is 16.3. The van der Waals surface area contributed by atoms with E-state index in [2.05, 4.69) is 11.1 Å². The highest BCUT2D eigenvalue weighted by molar-refractivity contribution is 5.45. The van der Waals surface area contributed by atoms with Crippen LogP contribution < -0.4 is 5.73 Å². The van der Waals surface area contributed by atoms with Gasteiger partial charge in [-0.25, -0.2) is 4.98 Å². The van der Waals surface area contributed by atoms with Gasteiger partial charge in [-0.3, -0.25) is 0 Å². The number of hydrogen-bond donors (Lipinski definition) is 2. The van der Waals surface area contributed by atoms with Crippen molar-refractivity contribution in [1.29, 1.82) is 0 Å². The summed E-state index contributed by atoms with van der Waals surface area (Å²) in [5.74, 6) is -0.135. The predicted molar refractivity (Wildman–Crippen MR) is 29.2 cm³/mol. The van der Waals surface area contributed by atoms with Gasteiger partial charge >= 0.3 is 0 Å². The van der Waals surface area contributed by atoms with Crippen LogP contribution in [0.25, 0.3) is 0 Å². The Hall–Kier alpha value is -1.25. The first-order chi connectivity index (χ1) is 3.80. The summed E-state index contributed by atoms with van der Waals surface area (Å²) in [7, 11) is 0. The summed E-state index contributed by atoms with van der Waals surface area (Å²) >= 11 is 0. The molecule has 3 heteroatoms. The fourth-order valence-electron chi connectivity index (χ4n) is 0.365. The molecule has 0 fully saturated rings. The minimum atomic E-state index is -0.135. The van der Waals surface area contributed by atoms with Gasteiger partial charge in [0, 0.05) is 12.3 Å². The first-order valence-electron chi connectivity index (χ1n) is 2.11. The molecular formula is C5H5N2O. The van der Waals surface area contributed by atoms with Gasteiger partial charge in [0.1, 0.15) is 0 Å². The third-order valence-corrected chi connectivity index (χ3v) is 0.758. The summed E-state index contributed by atoms with van der Waals surface area (Å²) in [5, 5.41) is 8.66. The lowest BCUT2D eigenvalue weighted by Gasteiger charge is -1.90. The Labute approximate surface area is 46.8 Å². The molecule has 0 aliphatic carbocycles. The zero-order valence-corrected chi connectivity index (χ0v) is 4.13. The second-order valence-electron chi connectivity index (χ2n) is 1.35. The molecule has 1 aromatic rings. The Kier molecular flexibility index (Phi) is 1.04. The molecule has 0 saturated heterocycles. The molecule has 0 unspecified atom stereocenters. The molecule has 0 aromatic carbocycles. The molecule has 1 radical (unpaired) electrons. The zero-order chi connectivity index (χ0) is 5.98. The number of hydrogen-bond acceptors (Lipinski definition) is 3. The van der Waals surface area contributed by atoms with E-state index in [0.29, 0.717) is 0 Å². The Balaban J connectivity index is 3.13. The number of rotatable bonds is 0. The molecule has 1 aromatic heterocycles. The van der Waals surface area contributed by atoms with E-state index in [-0.39, 0.29) is 11.6 Å². The standard InChI is InChI=1S/C5H5N2O/c6-4-2-1-3-7-5(4)8/h2-3H,6H2,(H,7,8). The lowest BCUT2D eigenvalue weighted by atomic mass is 10.4. The maximum Gasteiger partial charge on any atom is 0.234 e. The van der Waals surface area contributed by atoms with Crippen LogP contribution in [-0.4, -0.2) is 10.1 Å². The van der Waals surface area contributed by atoms with Gasteiger partial charge in [-0.15, -0.1) is 0 Å². The summed E-state index contributed by atoms with van der Waals surface area (Å²) < 4.78 is 0. The number of aromatic hydroxyl groups is 1. The number of nitrogens with zero attached hydrogens (tertiary/aromatic N) is 1. The Morgan fingerprint density at radius 3 is 2.88 bits per heavy atom. The second-order valence-corrected chi connectivity index (χ2v) is 1.35. The maximum absolute atomic E-state index is 8.66. The fraction of sp³-hybridized carbons (Fsp3) is 0. The molecule has 0 aliphatic heterocycles. The van der Waals surface area contributed by atoms with E-state index in [1.807, 2.05) is 0 Å². The van der Waals surface area contributed by atoms with Gasteiger partial charge in [0.25, 0.3) is 0 Å². The lowest BCUT2D eigenvalue weighted by molar-refractivity contribution is 0.456. The molecule has 1 heterocycles.